The number of carbonyl (C=O) groups excluding carboxylic acids is 1. The first-order chi connectivity index (χ1) is 8.33. The molecule has 0 saturated carbocycles. The van der Waals surface area contributed by atoms with Gasteiger partial charge in [0.1, 0.15) is 6.04 Å². The van der Waals surface area contributed by atoms with Crippen molar-refractivity contribution in [2.24, 2.45) is 0 Å². The van der Waals surface area contributed by atoms with E-state index >= 15 is 0 Å². The summed E-state index contributed by atoms with van der Waals surface area (Å²) in [5.41, 5.74) is 0.949. The molecule has 1 fully saturated rings. The smallest absolute Gasteiger partial charge is 0.245 e. The fourth-order valence-corrected chi connectivity index (χ4v) is 2.26. The van der Waals surface area contributed by atoms with Gasteiger partial charge < -0.3 is 9.84 Å². The Hall–Kier alpha value is -1.73. The van der Waals surface area contributed by atoms with Gasteiger partial charge in [0, 0.05) is 17.5 Å². The van der Waals surface area contributed by atoms with E-state index in [2.05, 4.69) is 20.8 Å². The van der Waals surface area contributed by atoms with Crippen LogP contribution in [0.25, 0.3) is 11.4 Å². The Morgan fingerprint density at radius 3 is 3.18 bits per heavy atom. The van der Waals surface area contributed by atoms with E-state index in [1.54, 1.807) is 11.3 Å². The third-order valence-corrected chi connectivity index (χ3v) is 3.21. The lowest BCUT2D eigenvalue weighted by Crippen LogP contribution is -2.47. The Morgan fingerprint density at radius 2 is 2.47 bits per heavy atom. The SMILES string of the molecule is O=C1CNC(c2nc(-c3ccsc3)no2)CN1. The number of nitrogens with zero attached hydrogens (tertiary/aromatic N) is 2. The molecule has 6 nitrogen and oxygen atoms in total. The fraction of sp³-hybridized carbons (Fsp3) is 0.300. The highest BCUT2D eigenvalue weighted by Crippen LogP contribution is 2.21. The van der Waals surface area contributed by atoms with Gasteiger partial charge in [-0.25, -0.2) is 0 Å². The molecule has 2 aromatic heterocycles. The van der Waals surface area contributed by atoms with E-state index in [0.29, 0.717) is 18.3 Å². The number of aromatic nitrogens is 2. The average molecular weight is 250 g/mol. The molecule has 88 valence electrons. The van der Waals surface area contributed by atoms with Gasteiger partial charge in [-0.2, -0.15) is 16.3 Å². The summed E-state index contributed by atoms with van der Waals surface area (Å²) in [6.45, 7) is 0.755. The molecule has 7 heteroatoms. The van der Waals surface area contributed by atoms with Gasteiger partial charge in [0.15, 0.2) is 0 Å². The van der Waals surface area contributed by atoms with E-state index in [1.165, 1.54) is 0 Å². The predicted molar refractivity (Wildman–Crippen MR) is 61.4 cm³/mol. The molecule has 3 rings (SSSR count). The van der Waals surface area contributed by atoms with Crippen LogP contribution in [0.2, 0.25) is 0 Å². The lowest BCUT2D eigenvalue weighted by atomic mass is 10.2. The Bertz CT molecular complexity index is 512. The van der Waals surface area contributed by atoms with Gasteiger partial charge in [-0.1, -0.05) is 5.16 Å². The van der Waals surface area contributed by atoms with Crippen molar-refractivity contribution in [2.45, 2.75) is 6.04 Å². The zero-order valence-electron chi connectivity index (χ0n) is 8.84. The van der Waals surface area contributed by atoms with Crippen LogP contribution in [0.3, 0.4) is 0 Å². The molecule has 1 unspecified atom stereocenters. The van der Waals surface area contributed by atoms with Crippen LogP contribution in [0.5, 0.6) is 0 Å². The molecule has 3 heterocycles. The van der Waals surface area contributed by atoms with Crippen LogP contribution in [0.1, 0.15) is 11.9 Å². The van der Waals surface area contributed by atoms with E-state index in [0.717, 1.165) is 5.56 Å². The first kappa shape index (κ1) is 10.4. The maximum Gasteiger partial charge on any atom is 0.245 e. The number of hydrogen-bond donors (Lipinski definition) is 2. The van der Waals surface area contributed by atoms with Crippen molar-refractivity contribution >= 4 is 17.2 Å². The molecule has 1 aliphatic heterocycles. The zero-order valence-corrected chi connectivity index (χ0v) is 9.66. The van der Waals surface area contributed by atoms with E-state index in [1.807, 2.05) is 16.8 Å². The Morgan fingerprint density at radius 1 is 1.53 bits per heavy atom. The van der Waals surface area contributed by atoms with Crippen LogP contribution in [0.4, 0.5) is 0 Å². The van der Waals surface area contributed by atoms with Crippen molar-refractivity contribution in [1.82, 2.24) is 20.8 Å². The third-order valence-electron chi connectivity index (χ3n) is 2.53. The van der Waals surface area contributed by atoms with Crippen LogP contribution >= 0.6 is 11.3 Å². The summed E-state index contributed by atoms with van der Waals surface area (Å²) >= 11 is 1.59. The highest BCUT2D eigenvalue weighted by Gasteiger charge is 2.24. The monoisotopic (exact) mass is 250 g/mol. The standard InChI is InChI=1S/C10H10N4O2S/c15-8-4-11-7(3-12-8)10-13-9(14-16-10)6-1-2-17-5-6/h1-2,5,7,11H,3-4H2,(H,12,15). The zero-order chi connectivity index (χ0) is 11.7. The minimum Gasteiger partial charge on any atom is -0.353 e. The second-order valence-electron chi connectivity index (χ2n) is 3.71. The van der Waals surface area contributed by atoms with E-state index in [4.69, 9.17) is 4.52 Å². The van der Waals surface area contributed by atoms with Crippen LogP contribution in [-0.4, -0.2) is 29.1 Å². The van der Waals surface area contributed by atoms with Gasteiger partial charge >= 0.3 is 0 Å². The van der Waals surface area contributed by atoms with E-state index in [9.17, 15) is 4.79 Å². The molecule has 0 radical (unpaired) electrons. The number of carbonyl (C=O) groups is 1. The van der Waals surface area contributed by atoms with Gasteiger partial charge in [-0.05, 0) is 11.4 Å². The summed E-state index contributed by atoms with van der Waals surface area (Å²) < 4.78 is 5.19. The predicted octanol–water partition coefficient (Wildman–Crippen LogP) is 0.559. The quantitative estimate of drug-likeness (QED) is 0.814. The molecule has 0 aromatic carbocycles. The Balaban J connectivity index is 1.79. The third kappa shape index (κ3) is 2.06. The van der Waals surface area contributed by atoms with E-state index < -0.39 is 0 Å². The Labute approximate surface area is 101 Å². The number of thiophene rings is 1. The first-order valence-corrected chi connectivity index (χ1v) is 6.13. The molecule has 1 saturated heterocycles. The van der Waals surface area contributed by atoms with Crippen molar-refractivity contribution in [2.75, 3.05) is 13.1 Å². The van der Waals surface area contributed by atoms with Crippen LogP contribution in [-0.2, 0) is 4.79 Å². The maximum absolute atomic E-state index is 11.0. The molecule has 1 amide bonds. The molecular formula is C10H10N4O2S. The summed E-state index contributed by atoms with van der Waals surface area (Å²) in [4.78, 5) is 15.3. The number of piperazine rings is 1. The first-order valence-electron chi connectivity index (χ1n) is 5.19. The summed E-state index contributed by atoms with van der Waals surface area (Å²) in [5, 5.41) is 13.6. The van der Waals surface area contributed by atoms with Crippen molar-refractivity contribution in [1.29, 1.82) is 0 Å². The minimum atomic E-state index is -0.104. The molecule has 0 aliphatic carbocycles. The number of rotatable bonds is 2. The van der Waals surface area contributed by atoms with Crippen LogP contribution in [0.15, 0.2) is 21.3 Å². The molecule has 17 heavy (non-hydrogen) atoms. The number of hydrogen-bond acceptors (Lipinski definition) is 6. The normalized spacial score (nSPS) is 20.2. The molecule has 2 N–H and O–H groups in total. The van der Waals surface area contributed by atoms with E-state index in [-0.39, 0.29) is 18.5 Å². The number of nitrogens with one attached hydrogen (secondary N) is 2. The molecule has 1 aliphatic rings. The van der Waals surface area contributed by atoms with Gasteiger partial charge in [0.2, 0.25) is 17.6 Å². The van der Waals surface area contributed by atoms with Crippen LogP contribution < -0.4 is 10.6 Å². The topological polar surface area (TPSA) is 80.1 Å². The second-order valence-corrected chi connectivity index (χ2v) is 4.49. The van der Waals surface area contributed by atoms with Crippen LogP contribution in [0, 0.1) is 0 Å². The molecular weight excluding hydrogens is 240 g/mol. The summed E-state index contributed by atoms with van der Waals surface area (Å²) in [6, 6.07) is 1.84. The van der Waals surface area contributed by atoms with Crippen molar-refractivity contribution in [3.8, 4) is 11.4 Å². The minimum absolute atomic E-state index is 0.0150. The highest BCUT2D eigenvalue weighted by molar-refractivity contribution is 7.08. The second kappa shape index (κ2) is 4.27. The number of amides is 1. The van der Waals surface area contributed by atoms with Gasteiger partial charge in [-0.3, -0.25) is 10.1 Å². The lowest BCUT2D eigenvalue weighted by molar-refractivity contribution is -0.121. The summed E-state index contributed by atoms with van der Waals surface area (Å²) in [7, 11) is 0. The van der Waals surface area contributed by atoms with Gasteiger partial charge in [0.25, 0.3) is 0 Å². The molecule has 2 aromatic rings. The summed E-state index contributed by atoms with van der Waals surface area (Å²) in [5.74, 6) is 1.07. The largest absolute Gasteiger partial charge is 0.353 e. The molecule has 0 spiro atoms. The van der Waals surface area contributed by atoms with Gasteiger partial charge in [0.05, 0.1) is 6.54 Å². The maximum atomic E-state index is 11.0. The van der Waals surface area contributed by atoms with Crippen molar-refractivity contribution in [3.63, 3.8) is 0 Å². The lowest BCUT2D eigenvalue weighted by Gasteiger charge is -2.20. The summed E-state index contributed by atoms with van der Waals surface area (Å²) in [6.07, 6.45) is 0. The fourth-order valence-electron chi connectivity index (χ4n) is 1.63. The van der Waals surface area contributed by atoms with Crippen molar-refractivity contribution < 1.29 is 9.32 Å². The highest BCUT2D eigenvalue weighted by atomic mass is 32.1. The Kier molecular flexibility index (Phi) is 2.62. The van der Waals surface area contributed by atoms with Gasteiger partial charge in [-0.15, -0.1) is 0 Å². The molecule has 0 bridgehead atoms. The van der Waals surface area contributed by atoms with Crippen molar-refractivity contribution in [3.05, 3.63) is 22.7 Å². The average Bonchev–Trinajstić information content (AvgIpc) is 3.00. The molecule has 1 atom stereocenters.